The summed E-state index contributed by atoms with van der Waals surface area (Å²) >= 11 is 0. The third-order valence-electron chi connectivity index (χ3n) is 1.67. The van der Waals surface area contributed by atoms with Crippen molar-refractivity contribution in [2.45, 2.75) is 11.8 Å². The van der Waals surface area contributed by atoms with E-state index < -0.39 is 16.2 Å². The van der Waals surface area contributed by atoms with Gasteiger partial charge in [-0.2, -0.15) is 8.42 Å². The molecule has 1 rings (SSSR count). The molecule has 0 radical (unpaired) electrons. The summed E-state index contributed by atoms with van der Waals surface area (Å²) in [7, 11) is -4.20. The fraction of sp³-hybridized carbons (Fsp3) is 0.222. The molecule has 7 heteroatoms. The van der Waals surface area contributed by atoms with Crippen molar-refractivity contribution in [3.8, 4) is 0 Å². The van der Waals surface area contributed by atoms with E-state index in [-0.39, 0.29) is 11.5 Å². The van der Waals surface area contributed by atoms with Gasteiger partial charge in [-0.05, 0) is 31.2 Å². The van der Waals surface area contributed by atoms with Crippen LogP contribution in [0.1, 0.15) is 6.92 Å². The molecular weight excluding hydrogens is 234 g/mol. The number of amides is 1. The molecule has 0 aliphatic rings. The van der Waals surface area contributed by atoms with Gasteiger partial charge in [0.05, 0.1) is 11.5 Å². The molecule has 1 amide bonds. The maximum atomic E-state index is 11.0. The summed E-state index contributed by atoms with van der Waals surface area (Å²) in [6, 6.07) is 5.05. The Hall–Kier alpha value is -1.60. The Morgan fingerprint density at radius 3 is 2.38 bits per heavy atom. The molecule has 6 nitrogen and oxygen atoms in total. The Balaban J connectivity index is 2.76. The lowest BCUT2D eigenvalue weighted by Gasteiger charge is -2.05. The minimum absolute atomic E-state index is 0.234. The fourth-order valence-corrected chi connectivity index (χ4v) is 1.48. The highest BCUT2D eigenvalue weighted by Crippen LogP contribution is 2.13. The summed E-state index contributed by atoms with van der Waals surface area (Å²) < 4.78 is 34.8. The van der Waals surface area contributed by atoms with E-state index in [0.717, 1.165) is 0 Å². The van der Waals surface area contributed by atoms with Crippen molar-refractivity contribution < 1.29 is 22.5 Å². The maximum absolute atomic E-state index is 11.0. The SMILES string of the molecule is CCOC(=O)Nc1ccc(S(=O)(=O)O)cc1. The zero-order valence-corrected chi connectivity index (χ0v) is 9.32. The molecule has 1 aromatic rings. The van der Waals surface area contributed by atoms with Gasteiger partial charge in [-0.25, -0.2) is 4.79 Å². The van der Waals surface area contributed by atoms with Gasteiger partial charge in [0.25, 0.3) is 10.1 Å². The highest BCUT2D eigenvalue weighted by molar-refractivity contribution is 7.85. The monoisotopic (exact) mass is 245 g/mol. The first-order valence-electron chi connectivity index (χ1n) is 4.45. The van der Waals surface area contributed by atoms with Gasteiger partial charge < -0.3 is 4.74 Å². The van der Waals surface area contributed by atoms with E-state index in [0.29, 0.717) is 5.69 Å². The smallest absolute Gasteiger partial charge is 0.411 e. The summed E-state index contributed by atoms with van der Waals surface area (Å²) in [6.07, 6.45) is -0.623. The second-order valence-corrected chi connectivity index (χ2v) is 4.27. The molecule has 0 aliphatic carbocycles. The van der Waals surface area contributed by atoms with E-state index in [4.69, 9.17) is 4.55 Å². The average Bonchev–Trinajstić information content (AvgIpc) is 2.17. The van der Waals surface area contributed by atoms with Crippen LogP contribution in [0.15, 0.2) is 29.2 Å². The Kier molecular flexibility index (Phi) is 3.86. The lowest BCUT2D eigenvalue weighted by Crippen LogP contribution is -2.13. The number of benzene rings is 1. The molecule has 2 N–H and O–H groups in total. The van der Waals surface area contributed by atoms with Crippen LogP contribution >= 0.6 is 0 Å². The Morgan fingerprint density at radius 1 is 1.38 bits per heavy atom. The molecule has 0 aromatic heterocycles. The number of hydrogen-bond donors (Lipinski definition) is 2. The van der Waals surface area contributed by atoms with Crippen LogP contribution in [0, 0.1) is 0 Å². The molecule has 0 saturated heterocycles. The average molecular weight is 245 g/mol. The van der Waals surface area contributed by atoms with Crippen LogP contribution in [0.25, 0.3) is 0 Å². The van der Waals surface area contributed by atoms with Crippen LogP contribution in [0.2, 0.25) is 0 Å². The molecule has 0 aliphatic heterocycles. The third-order valence-corrected chi connectivity index (χ3v) is 2.54. The zero-order valence-electron chi connectivity index (χ0n) is 8.50. The molecule has 88 valence electrons. The van der Waals surface area contributed by atoms with Crippen molar-refractivity contribution in [3.05, 3.63) is 24.3 Å². The first-order valence-corrected chi connectivity index (χ1v) is 5.89. The summed E-state index contributed by atoms with van der Waals surface area (Å²) in [5.74, 6) is 0. The number of nitrogens with one attached hydrogen (secondary N) is 1. The maximum Gasteiger partial charge on any atom is 0.411 e. The van der Waals surface area contributed by atoms with Crippen molar-refractivity contribution in [2.75, 3.05) is 11.9 Å². The van der Waals surface area contributed by atoms with Gasteiger partial charge in [-0.1, -0.05) is 0 Å². The highest BCUT2D eigenvalue weighted by atomic mass is 32.2. The van der Waals surface area contributed by atoms with E-state index in [1.807, 2.05) is 0 Å². The predicted molar refractivity (Wildman–Crippen MR) is 56.9 cm³/mol. The largest absolute Gasteiger partial charge is 0.450 e. The van der Waals surface area contributed by atoms with Crippen molar-refractivity contribution in [1.82, 2.24) is 0 Å². The number of carbonyl (C=O) groups is 1. The fourth-order valence-electron chi connectivity index (χ4n) is 0.995. The second-order valence-electron chi connectivity index (χ2n) is 2.84. The Labute approximate surface area is 93.0 Å². The van der Waals surface area contributed by atoms with Gasteiger partial charge in [0.1, 0.15) is 0 Å². The zero-order chi connectivity index (χ0) is 12.2. The number of carbonyl (C=O) groups excluding carboxylic acids is 1. The Bertz CT molecular complexity index is 465. The summed E-state index contributed by atoms with van der Waals surface area (Å²) in [5, 5.41) is 2.38. The van der Waals surface area contributed by atoms with E-state index in [9.17, 15) is 13.2 Å². The van der Waals surface area contributed by atoms with Crippen molar-refractivity contribution in [1.29, 1.82) is 0 Å². The molecule has 0 saturated carbocycles. The molecule has 0 unspecified atom stereocenters. The molecule has 1 aromatic carbocycles. The normalized spacial score (nSPS) is 10.9. The lowest BCUT2D eigenvalue weighted by atomic mass is 10.3. The van der Waals surface area contributed by atoms with E-state index >= 15 is 0 Å². The van der Waals surface area contributed by atoms with Gasteiger partial charge in [0, 0.05) is 5.69 Å². The van der Waals surface area contributed by atoms with Crippen molar-refractivity contribution in [3.63, 3.8) is 0 Å². The molecule has 0 heterocycles. The van der Waals surface area contributed by atoms with Crippen LogP contribution in [0.3, 0.4) is 0 Å². The number of hydrogen-bond acceptors (Lipinski definition) is 4. The highest BCUT2D eigenvalue weighted by Gasteiger charge is 2.09. The quantitative estimate of drug-likeness (QED) is 0.787. The number of anilines is 1. The molecule has 0 atom stereocenters. The van der Waals surface area contributed by atoms with Crippen LogP contribution in [-0.4, -0.2) is 25.7 Å². The third kappa shape index (κ3) is 3.52. The van der Waals surface area contributed by atoms with Crippen LogP contribution in [0.4, 0.5) is 10.5 Å². The lowest BCUT2D eigenvalue weighted by molar-refractivity contribution is 0.168. The summed E-state index contributed by atoms with van der Waals surface area (Å²) in [5.41, 5.74) is 0.380. The first kappa shape index (κ1) is 12.5. The topological polar surface area (TPSA) is 92.7 Å². The van der Waals surface area contributed by atoms with Crippen LogP contribution in [0.5, 0.6) is 0 Å². The van der Waals surface area contributed by atoms with Gasteiger partial charge >= 0.3 is 6.09 Å². The Morgan fingerprint density at radius 2 is 1.94 bits per heavy atom. The van der Waals surface area contributed by atoms with E-state index in [2.05, 4.69) is 10.1 Å². The second kappa shape index (κ2) is 4.95. The molecule has 0 spiro atoms. The number of rotatable bonds is 3. The molecule has 0 fully saturated rings. The van der Waals surface area contributed by atoms with Gasteiger partial charge in [-0.15, -0.1) is 0 Å². The van der Waals surface area contributed by atoms with Gasteiger partial charge in [-0.3, -0.25) is 9.87 Å². The van der Waals surface area contributed by atoms with Gasteiger partial charge in [0.15, 0.2) is 0 Å². The molecular formula is C9H11NO5S. The minimum Gasteiger partial charge on any atom is -0.450 e. The number of ether oxygens (including phenoxy) is 1. The summed E-state index contributed by atoms with van der Waals surface area (Å²) in [4.78, 5) is 10.8. The van der Waals surface area contributed by atoms with E-state index in [1.54, 1.807) is 6.92 Å². The van der Waals surface area contributed by atoms with E-state index in [1.165, 1.54) is 24.3 Å². The minimum atomic E-state index is -4.20. The summed E-state index contributed by atoms with van der Waals surface area (Å²) in [6.45, 7) is 1.91. The van der Waals surface area contributed by atoms with Crippen LogP contribution < -0.4 is 5.32 Å². The standard InChI is InChI=1S/C9H11NO5S/c1-2-15-9(11)10-7-3-5-8(6-4-7)16(12,13)14/h3-6H,2H2,1H3,(H,10,11)(H,12,13,14). The first-order chi connectivity index (χ1) is 7.43. The van der Waals surface area contributed by atoms with Crippen molar-refractivity contribution >= 4 is 21.9 Å². The molecule has 0 bridgehead atoms. The van der Waals surface area contributed by atoms with Crippen molar-refractivity contribution in [2.24, 2.45) is 0 Å². The van der Waals surface area contributed by atoms with Gasteiger partial charge in [0.2, 0.25) is 0 Å². The predicted octanol–water partition coefficient (Wildman–Crippen LogP) is 1.50. The molecule has 16 heavy (non-hydrogen) atoms. The van der Waals surface area contributed by atoms with Crippen LogP contribution in [-0.2, 0) is 14.9 Å².